The number of nitrogens with zero attached hydrogens (tertiary/aromatic N) is 1. The molecule has 7 nitrogen and oxygen atoms in total. The molecule has 140 valence electrons. The van der Waals surface area contributed by atoms with Crippen LogP contribution < -0.4 is 10.2 Å². The van der Waals surface area contributed by atoms with Crippen LogP contribution >= 0.6 is 11.3 Å². The molecular formula is C19H18N2O5S. The monoisotopic (exact) mass is 386 g/mol. The first kappa shape index (κ1) is 17.8. The summed E-state index contributed by atoms with van der Waals surface area (Å²) < 4.78 is 4.89. The van der Waals surface area contributed by atoms with E-state index in [1.807, 2.05) is 17.5 Å². The molecule has 2 amide bonds. The van der Waals surface area contributed by atoms with Crippen LogP contribution in [0.5, 0.6) is 0 Å². The van der Waals surface area contributed by atoms with Crippen molar-refractivity contribution < 1.29 is 24.2 Å². The molecule has 2 saturated heterocycles. The van der Waals surface area contributed by atoms with Crippen molar-refractivity contribution in [3.8, 4) is 0 Å². The van der Waals surface area contributed by atoms with Crippen LogP contribution in [0.4, 0.5) is 5.69 Å². The molecule has 0 spiro atoms. The van der Waals surface area contributed by atoms with Crippen molar-refractivity contribution in [3.05, 3.63) is 52.7 Å². The molecule has 27 heavy (non-hydrogen) atoms. The molecule has 0 saturated carbocycles. The van der Waals surface area contributed by atoms with Crippen molar-refractivity contribution in [2.75, 3.05) is 18.6 Å². The summed E-state index contributed by atoms with van der Waals surface area (Å²) >= 11 is 1.42. The summed E-state index contributed by atoms with van der Waals surface area (Å²) in [7, 11) is 1.20. The smallest absolute Gasteiger partial charge is 0.329 e. The zero-order valence-corrected chi connectivity index (χ0v) is 15.3. The maximum absolute atomic E-state index is 13.3. The van der Waals surface area contributed by atoms with Crippen molar-refractivity contribution >= 4 is 34.8 Å². The number of methoxy groups -OCH3 is 1. The molecule has 0 radical (unpaired) electrons. The van der Waals surface area contributed by atoms with Crippen molar-refractivity contribution in [1.82, 2.24) is 5.32 Å². The van der Waals surface area contributed by atoms with E-state index in [4.69, 9.17) is 4.74 Å². The Bertz CT molecular complexity index is 885. The number of carbonyl (C=O) groups is 3. The highest BCUT2D eigenvalue weighted by Gasteiger charge is 2.69. The number of para-hydroxylation sites is 1. The number of thiophene rings is 1. The van der Waals surface area contributed by atoms with Gasteiger partial charge in [0.05, 0.1) is 37.3 Å². The van der Waals surface area contributed by atoms with Gasteiger partial charge in [0, 0.05) is 4.88 Å². The highest BCUT2D eigenvalue weighted by molar-refractivity contribution is 7.10. The van der Waals surface area contributed by atoms with Crippen LogP contribution in [-0.2, 0) is 19.1 Å². The number of hydrogen-bond acceptors (Lipinski definition) is 7. The molecule has 0 aliphatic carbocycles. The number of hydrogen-bond donors (Lipinski definition) is 2. The molecule has 1 aromatic heterocycles. The fourth-order valence-corrected chi connectivity index (χ4v) is 4.95. The van der Waals surface area contributed by atoms with Gasteiger partial charge < -0.3 is 9.84 Å². The van der Waals surface area contributed by atoms with Crippen LogP contribution in [0, 0.1) is 11.8 Å². The largest absolute Gasteiger partial charge is 0.468 e. The van der Waals surface area contributed by atoms with E-state index in [0.29, 0.717) is 5.69 Å². The lowest BCUT2D eigenvalue weighted by atomic mass is 9.80. The number of aliphatic hydroxyl groups is 1. The molecule has 0 bridgehead atoms. The second-order valence-corrected chi connectivity index (χ2v) is 7.59. The third kappa shape index (κ3) is 2.44. The number of imide groups is 1. The van der Waals surface area contributed by atoms with E-state index in [9.17, 15) is 19.5 Å². The first-order chi connectivity index (χ1) is 13.0. The van der Waals surface area contributed by atoms with E-state index in [2.05, 4.69) is 5.32 Å². The van der Waals surface area contributed by atoms with Gasteiger partial charge in [0.25, 0.3) is 0 Å². The van der Waals surface area contributed by atoms with Gasteiger partial charge in [0.1, 0.15) is 0 Å². The van der Waals surface area contributed by atoms with E-state index in [1.54, 1.807) is 30.3 Å². The summed E-state index contributed by atoms with van der Waals surface area (Å²) in [4.78, 5) is 41.0. The number of esters is 1. The maximum Gasteiger partial charge on any atom is 0.329 e. The molecule has 3 heterocycles. The fourth-order valence-electron chi connectivity index (χ4n) is 4.13. The standard InChI is InChI=1S/C19H18N2O5S/c1-26-18(25)19(10-22)14-13(15(20-19)12-8-5-9-27-12)16(23)21(17(14)24)11-6-3-2-4-7-11/h2-9,13-15,20,22H,10H2,1H3/t13-,14-,15+,19+/m0/s1. The molecule has 2 aliphatic heterocycles. The normalized spacial score (nSPS) is 29.9. The van der Waals surface area contributed by atoms with Gasteiger partial charge in [0.2, 0.25) is 11.8 Å². The third-order valence-electron chi connectivity index (χ3n) is 5.32. The van der Waals surface area contributed by atoms with Gasteiger partial charge in [0.15, 0.2) is 5.54 Å². The molecule has 4 atom stereocenters. The Balaban J connectivity index is 1.85. The molecule has 1 aromatic carbocycles. The lowest BCUT2D eigenvalue weighted by molar-refractivity contribution is -0.154. The van der Waals surface area contributed by atoms with Crippen LogP contribution in [0.2, 0.25) is 0 Å². The van der Waals surface area contributed by atoms with E-state index < -0.39 is 41.9 Å². The molecule has 2 aliphatic rings. The average Bonchev–Trinajstić information content (AvgIpc) is 3.39. The van der Waals surface area contributed by atoms with Gasteiger partial charge in [-0.2, -0.15) is 0 Å². The molecule has 0 unspecified atom stereocenters. The van der Waals surface area contributed by atoms with E-state index in [0.717, 1.165) is 9.78 Å². The van der Waals surface area contributed by atoms with Gasteiger partial charge in [-0.3, -0.25) is 14.9 Å². The maximum atomic E-state index is 13.3. The second-order valence-electron chi connectivity index (χ2n) is 6.61. The average molecular weight is 386 g/mol. The topological polar surface area (TPSA) is 95.9 Å². The molecule has 8 heteroatoms. The first-order valence-corrected chi connectivity index (χ1v) is 9.36. The van der Waals surface area contributed by atoms with Crippen LogP contribution in [0.15, 0.2) is 47.8 Å². The Hall–Kier alpha value is -2.55. The second kappa shape index (κ2) is 6.56. The number of anilines is 1. The predicted molar refractivity (Wildman–Crippen MR) is 97.9 cm³/mol. The van der Waals surface area contributed by atoms with Crippen molar-refractivity contribution in [2.24, 2.45) is 11.8 Å². The predicted octanol–water partition coefficient (Wildman–Crippen LogP) is 1.10. The molecule has 4 rings (SSSR count). The minimum atomic E-state index is -1.66. The summed E-state index contributed by atoms with van der Waals surface area (Å²) in [6, 6.07) is 11.7. The SMILES string of the molecule is COC(=O)[C@]1(CO)N[C@H](c2cccs2)[C@H]2C(=O)N(c3ccccc3)C(=O)[C@H]21. The first-order valence-electron chi connectivity index (χ1n) is 8.48. The van der Waals surface area contributed by atoms with Crippen molar-refractivity contribution in [1.29, 1.82) is 0 Å². The zero-order chi connectivity index (χ0) is 19.2. The Morgan fingerprint density at radius 2 is 1.96 bits per heavy atom. The molecule has 2 aromatic rings. The number of rotatable bonds is 4. The summed E-state index contributed by atoms with van der Waals surface area (Å²) in [5.41, 5.74) is -1.21. The summed E-state index contributed by atoms with van der Waals surface area (Å²) in [6.07, 6.45) is 0. The number of nitrogens with one attached hydrogen (secondary N) is 1. The number of aliphatic hydroxyl groups excluding tert-OH is 1. The number of ether oxygens (including phenoxy) is 1. The van der Waals surface area contributed by atoms with Gasteiger partial charge in [-0.1, -0.05) is 24.3 Å². The van der Waals surface area contributed by atoms with E-state index >= 15 is 0 Å². The summed E-state index contributed by atoms with van der Waals surface area (Å²) in [6.45, 7) is -0.648. The minimum Gasteiger partial charge on any atom is -0.468 e. The van der Waals surface area contributed by atoms with Crippen LogP contribution in [0.1, 0.15) is 10.9 Å². The fraction of sp³-hybridized carbons (Fsp3) is 0.316. The van der Waals surface area contributed by atoms with E-state index in [1.165, 1.54) is 18.4 Å². The third-order valence-corrected chi connectivity index (χ3v) is 6.27. The number of carbonyl (C=O) groups excluding carboxylic acids is 3. The van der Waals surface area contributed by atoms with E-state index in [-0.39, 0.29) is 5.91 Å². The Kier molecular flexibility index (Phi) is 4.33. The van der Waals surface area contributed by atoms with Crippen molar-refractivity contribution in [2.45, 2.75) is 11.6 Å². The Morgan fingerprint density at radius 1 is 1.22 bits per heavy atom. The lowest BCUT2D eigenvalue weighted by Gasteiger charge is -2.30. The number of amides is 2. The molecule has 2 N–H and O–H groups in total. The van der Waals surface area contributed by atoms with Crippen LogP contribution in [0.25, 0.3) is 0 Å². The zero-order valence-electron chi connectivity index (χ0n) is 14.5. The van der Waals surface area contributed by atoms with Gasteiger partial charge >= 0.3 is 5.97 Å². The van der Waals surface area contributed by atoms with Crippen molar-refractivity contribution in [3.63, 3.8) is 0 Å². The number of benzene rings is 1. The number of fused-ring (bicyclic) bond motifs is 1. The Labute approximate surface area is 159 Å². The van der Waals surface area contributed by atoms with Gasteiger partial charge in [-0.05, 0) is 23.6 Å². The van der Waals surface area contributed by atoms with Crippen LogP contribution in [-0.4, -0.2) is 42.1 Å². The Morgan fingerprint density at radius 3 is 2.56 bits per heavy atom. The minimum absolute atomic E-state index is 0.388. The van der Waals surface area contributed by atoms with Gasteiger partial charge in [-0.15, -0.1) is 11.3 Å². The molecule has 2 fully saturated rings. The highest BCUT2D eigenvalue weighted by Crippen LogP contribution is 2.50. The van der Waals surface area contributed by atoms with Crippen LogP contribution in [0.3, 0.4) is 0 Å². The lowest BCUT2D eigenvalue weighted by Crippen LogP contribution is -2.58. The molecular weight excluding hydrogens is 368 g/mol. The quantitative estimate of drug-likeness (QED) is 0.604. The van der Waals surface area contributed by atoms with Gasteiger partial charge in [-0.25, -0.2) is 9.69 Å². The summed E-state index contributed by atoms with van der Waals surface area (Å²) in [5, 5.41) is 15.0. The highest BCUT2D eigenvalue weighted by atomic mass is 32.1. The summed E-state index contributed by atoms with van der Waals surface area (Å²) in [5.74, 6) is -3.50.